The topological polar surface area (TPSA) is 29.5 Å². The Hall–Kier alpha value is -1.62. The maximum atomic E-state index is 12.4. The van der Waals surface area contributed by atoms with Gasteiger partial charge in [0.15, 0.2) is 0 Å². The Morgan fingerprint density at radius 1 is 1.21 bits per heavy atom. The summed E-state index contributed by atoms with van der Waals surface area (Å²) in [6, 6.07) is 12.7. The predicted octanol–water partition coefficient (Wildman–Crippen LogP) is 5.34. The number of hydrogen-bond acceptors (Lipinski definition) is 3. The summed E-state index contributed by atoms with van der Waals surface area (Å²) in [5.41, 5.74) is 1.67. The van der Waals surface area contributed by atoms with Crippen LogP contribution in [0.1, 0.15) is 10.9 Å². The van der Waals surface area contributed by atoms with Crippen LogP contribution in [-0.4, -0.2) is 18.3 Å². The fourth-order valence-electron chi connectivity index (χ4n) is 2.53. The van der Waals surface area contributed by atoms with Crippen LogP contribution in [0.15, 0.2) is 55.1 Å². The van der Waals surface area contributed by atoms with Crippen molar-refractivity contribution in [2.75, 3.05) is 17.3 Å². The van der Waals surface area contributed by atoms with E-state index in [1.54, 1.807) is 40.9 Å². The zero-order chi connectivity index (χ0) is 17.1. The normalized spacial score (nSPS) is 17.2. The number of hydrogen-bond donors (Lipinski definition) is 0. The molecular weight excluding hydrogens is 365 g/mol. The Balaban J connectivity index is 2.00. The fourth-order valence-corrected chi connectivity index (χ4v) is 4.03. The number of ether oxygens (including phenoxy) is 1. The molecule has 1 fully saturated rings. The molecular formula is C18H15Cl2NO2S. The van der Waals surface area contributed by atoms with E-state index in [1.807, 2.05) is 24.3 Å². The Bertz CT molecular complexity index is 764. The van der Waals surface area contributed by atoms with Gasteiger partial charge >= 0.3 is 0 Å². The molecule has 124 valence electrons. The summed E-state index contributed by atoms with van der Waals surface area (Å²) < 4.78 is 5.74. The minimum absolute atomic E-state index is 0.0435. The standard InChI is InChI=1S/C18H15Cl2NO2S/c1-2-9-23-16-8-5-13(20)10-15(16)18-21(17(22)11-24-18)14-6-3-12(19)4-7-14/h2-8,10,18H,1,9,11H2/t18-/m0/s1. The van der Waals surface area contributed by atoms with Gasteiger partial charge in [0, 0.05) is 21.3 Å². The van der Waals surface area contributed by atoms with Crippen molar-refractivity contribution >= 4 is 46.6 Å². The molecule has 0 unspecified atom stereocenters. The average molecular weight is 380 g/mol. The van der Waals surface area contributed by atoms with E-state index in [1.165, 1.54) is 0 Å². The lowest BCUT2D eigenvalue weighted by Gasteiger charge is -2.26. The third-order valence-corrected chi connectivity index (χ3v) is 5.25. The van der Waals surface area contributed by atoms with Gasteiger partial charge < -0.3 is 4.74 Å². The molecule has 2 aromatic carbocycles. The molecule has 0 N–H and O–H groups in total. The summed E-state index contributed by atoms with van der Waals surface area (Å²) >= 11 is 13.7. The van der Waals surface area contributed by atoms with E-state index in [2.05, 4.69) is 6.58 Å². The van der Waals surface area contributed by atoms with Crippen molar-refractivity contribution in [2.24, 2.45) is 0 Å². The third kappa shape index (κ3) is 3.56. The maximum Gasteiger partial charge on any atom is 0.238 e. The highest BCUT2D eigenvalue weighted by molar-refractivity contribution is 8.00. The van der Waals surface area contributed by atoms with Crippen molar-refractivity contribution < 1.29 is 9.53 Å². The van der Waals surface area contributed by atoms with Crippen LogP contribution in [0.5, 0.6) is 5.75 Å². The summed E-state index contributed by atoms with van der Waals surface area (Å²) in [5.74, 6) is 1.15. The molecule has 0 saturated carbocycles. The smallest absolute Gasteiger partial charge is 0.238 e. The van der Waals surface area contributed by atoms with Crippen molar-refractivity contribution in [3.05, 3.63) is 70.7 Å². The zero-order valence-electron chi connectivity index (χ0n) is 12.7. The van der Waals surface area contributed by atoms with Crippen LogP contribution < -0.4 is 9.64 Å². The first-order valence-electron chi connectivity index (χ1n) is 7.32. The second-order valence-corrected chi connectivity index (χ2v) is 7.13. The third-order valence-electron chi connectivity index (χ3n) is 3.57. The number of carbonyl (C=O) groups excluding carboxylic acids is 1. The quantitative estimate of drug-likeness (QED) is 0.656. The fraction of sp³-hybridized carbons (Fsp3) is 0.167. The molecule has 0 aliphatic carbocycles. The predicted molar refractivity (Wildman–Crippen MR) is 101 cm³/mol. The van der Waals surface area contributed by atoms with Crippen LogP contribution in [0.25, 0.3) is 0 Å². The molecule has 0 radical (unpaired) electrons. The van der Waals surface area contributed by atoms with Gasteiger partial charge in [0.2, 0.25) is 5.91 Å². The molecule has 6 heteroatoms. The number of amides is 1. The molecule has 1 amide bonds. The first-order chi connectivity index (χ1) is 11.6. The van der Waals surface area contributed by atoms with Gasteiger partial charge in [-0.2, -0.15) is 0 Å². The summed E-state index contributed by atoms with van der Waals surface area (Å²) in [4.78, 5) is 14.2. The average Bonchev–Trinajstić information content (AvgIpc) is 2.96. The highest BCUT2D eigenvalue weighted by Crippen LogP contribution is 2.45. The molecule has 0 aromatic heterocycles. The van der Waals surface area contributed by atoms with Crippen LogP contribution in [0, 0.1) is 0 Å². The van der Waals surface area contributed by atoms with E-state index >= 15 is 0 Å². The Morgan fingerprint density at radius 2 is 1.92 bits per heavy atom. The molecule has 1 saturated heterocycles. The van der Waals surface area contributed by atoms with Crippen molar-refractivity contribution in [3.8, 4) is 5.75 Å². The van der Waals surface area contributed by atoms with Gasteiger partial charge in [-0.3, -0.25) is 9.69 Å². The van der Waals surface area contributed by atoms with Gasteiger partial charge in [0.1, 0.15) is 17.7 Å². The second kappa shape index (κ2) is 7.51. The molecule has 3 nitrogen and oxygen atoms in total. The van der Waals surface area contributed by atoms with Crippen molar-refractivity contribution in [1.82, 2.24) is 0 Å². The van der Waals surface area contributed by atoms with Crippen LogP contribution in [0.4, 0.5) is 5.69 Å². The molecule has 1 aliphatic rings. The number of halogens is 2. The van der Waals surface area contributed by atoms with Crippen LogP contribution in [0.3, 0.4) is 0 Å². The molecule has 0 spiro atoms. The number of carbonyl (C=O) groups is 1. The zero-order valence-corrected chi connectivity index (χ0v) is 15.1. The number of nitrogens with zero attached hydrogens (tertiary/aromatic N) is 1. The molecule has 0 bridgehead atoms. The minimum atomic E-state index is -0.197. The number of anilines is 1. The van der Waals surface area contributed by atoms with E-state index in [0.29, 0.717) is 28.2 Å². The van der Waals surface area contributed by atoms with Crippen molar-refractivity contribution in [2.45, 2.75) is 5.37 Å². The molecule has 2 aromatic rings. The van der Waals surface area contributed by atoms with Gasteiger partial charge in [0.25, 0.3) is 0 Å². The van der Waals surface area contributed by atoms with Gasteiger partial charge in [-0.25, -0.2) is 0 Å². The minimum Gasteiger partial charge on any atom is -0.489 e. The largest absolute Gasteiger partial charge is 0.489 e. The van der Waals surface area contributed by atoms with E-state index in [0.717, 1.165) is 11.3 Å². The molecule has 3 rings (SSSR count). The number of rotatable bonds is 5. The first kappa shape index (κ1) is 17.2. The van der Waals surface area contributed by atoms with Gasteiger partial charge in [-0.05, 0) is 42.5 Å². The number of thioether (sulfide) groups is 1. The van der Waals surface area contributed by atoms with Gasteiger partial charge in [-0.1, -0.05) is 35.9 Å². The first-order valence-corrected chi connectivity index (χ1v) is 9.13. The molecule has 1 heterocycles. The van der Waals surface area contributed by atoms with E-state index in [4.69, 9.17) is 27.9 Å². The Kier molecular flexibility index (Phi) is 5.39. The van der Waals surface area contributed by atoms with Crippen LogP contribution in [0.2, 0.25) is 10.0 Å². The lowest BCUT2D eigenvalue weighted by molar-refractivity contribution is -0.115. The lowest BCUT2D eigenvalue weighted by Crippen LogP contribution is -2.28. The van der Waals surface area contributed by atoms with Crippen molar-refractivity contribution in [3.63, 3.8) is 0 Å². The summed E-state index contributed by atoms with van der Waals surface area (Å²) in [5, 5.41) is 1.04. The maximum absolute atomic E-state index is 12.4. The van der Waals surface area contributed by atoms with E-state index in [-0.39, 0.29) is 11.3 Å². The number of benzene rings is 2. The molecule has 1 atom stereocenters. The summed E-state index contributed by atoms with van der Waals surface area (Å²) in [6.07, 6.45) is 1.68. The van der Waals surface area contributed by atoms with Crippen molar-refractivity contribution in [1.29, 1.82) is 0 Å². The van der Waals surface area contributed by atoms with E-state index in [9.17, 15) is 4.79 Å². The Morgan fingerprint density at radius 3 is 2.62 bits per heavy atom. The van der Waals surface area contributed by atoms with E-state index < -0.39 is 0 Å². The molecule has 1 aliphatic heterocycles. The summed E-state index contributed by atoms with van der Waals surface area (Å²) in [7, 11) is 0. The van der Waals surface area contributed by atoms with Crippen LogP contribution in [-0.2, 0) is 4.79 Å². The Labute approximate surface area is 155 Å². The SMILES string of the molecule is C=CCOc1ccc(Cl)cc1[C@@H]1SCC(=O)N1c1ccc(Cl)cc1. The molecule has 24 heavy (non-hydrogen) atoms. The van der Waals surface area contributed by atoms with Crippen LogP contribution >= 0.6 is 35.0 Å². The second-order valence-electron chi connectivity index (χ2n) is 5.19. The summed E-state index contributed by atoms with van der Waals surface area (Å²) in [6.45, 7) is 4.06. The highest BCUT2D eigenvalue weighted by atomic mass is 35.5. The highest BCUT2D eigenvalue weighted by Gasteiger charge is 2.35. The monoisotopic (exact) mass is 379 g/mol. The lowest BCUT2D eigenvalue weighted by atomic mass is 10.1. The van der Waals surface area contributed by atoms with Gasteiger partial charge in [-0.15, -0.1) is 11.8 Å². The van der Waals surface area contributed by atoms with Gasteiger partial charge in [0.05, 0.1) is 5.75 Å².